The highest BCUT2D eigenvalue weighted by atomic mass is 16.6. The van der Waals surface area contributed by atoms with E-state index in [2.05, 4.69) is 9.55 Å². The molecule has 0 spiro atoms. The summed E-state index contributed by atoms with van der Waals surface area (Å²) in [5.41, 5.74) is 4.90. The monoisotopic (exact) mass is 454 g/mol. The Morgan fingerprint density at radius 1 is 0.971 bits per heavy atom. The number of amides is 1. The first kappa shape index (κ1) is 21.7. The van der Waals surface area contributed by atoms with Crippen LogP contribution < -0.4 is 4.74 Å². The number of nitrogens with zero attached hydrogens (tertiary/aromatic N) is 4. The van der Waals surface area contributed by atoms with Crippen molar-refractivity contribution >= 4 is 6.09 Å². The van der Waals surface area contributed by atoms with E-state index in [0.29, 0.717) is 26.1 Å². The lowest BCUT2D eigenvalue weighted by Gasteiger charge is -2.27. The van der Waals surface area contributed by atoms with E-state index in [1.165, 1.54) is 0 Å². The third-order valence-electron chi connectivity index (χ3n) is 5.97. The molecule has 5 rings (SSSR count). The zero-order chi connectivity index (χ0) is 23.3. The van der Waals surface area contributed by atoms with Crippen LogP contribution in [0.4, 0.5) is 4.79 Å². The molecule has 4 aromatic rings. The molecule has 0 fully saturated rings. The predicted molar refractivity (Wildman–Crippen MR) is 128 cm³/mol. The lowest BCUT2D eigenvalue weighted by atomic mass is 10.1. The normalized spacial score (nSPS) is 12.8. The Kier molecular flexibility index (Phi) is 6.25. The summed E-state index contributed by atoms with van der Waals surface area (Å²) in [6.45, 7) is 1.89. The zero-order valence-electron chi connectivity index (χ0n) is 19.1. The van der Waals surface area contributed by atoms with E-state index in [0.717, 1.165) is 39.8 Å². The van der Waals surface area contributed by atoms with E-state index in [-0.39, 0.29) is 12.7 Å². The number of hydrogen-bond donors (Lipinski definition) is 0. The Bertz CT molecular complexity index is 1250. The highest BCUT2D eigenvalue weighted by Gasteiger charge is 2.28. The highest BCUT2D eigenvalue weighted by Crippen LogP contribution is 2.27. The van der Waals surface area contributed by atoms with Crippen molar-refractivity contribution in [2.75, 3.05) is 13.7 Å². The summed E-state index contributed by atoms with van der Waals surface area (Å²) < 4.78 is 13.0. The van der Waals surface area contributed by atoms with Crippen molar-refractivity contribution in [1.82, 2.24) is 19.4 Å². The third-order valence-corrected chi connectivity index (χ3v) is 5.97. The number of pyridine rings is 1. The number of hydrogen-bond acceptors (Lipinski definition) is 5. The minimum absolute atomic E-state index is 0.257. The van der Waals surface area contributed by atoms with Gasteiger partial charge in [0.25, 0.3) is 0 Å². The molecule has 0 saturated carbocycles. The number of ether oxygens (including phenoxy) is 2. The summed E-state index contributed by atoms with van der Waals surface area (Å²) in [6, 6.07) is 23.5. The summed E-state index contributed by atoms with van der Waals surface area (Å²) in [4.78, 5) is 24.1. The molecular weight excluding hydrogens is 428 g/mol. The number of aromatic nitrogens is 3. The van der Waals surface area contributed by atoms with Crippen molar-refractivity contribution in [2.24, 2.45) is 0 Å². The SMILES string of the molecule is COc1ccc(Cn2c(-c3ccccn3)nc3c2CN(C(=O)OCc2ccccc2)CC3)cc1. The van der Waals surface area contributed by atoms with Crippen molar-refractivity contribution in [3.63, 3.8) is 0 Å². The average molecular weight is 455 g/mol. The van der Waals surface area contributed by atoms with E-state index in [9.17, 15) is 4.79 Å². The number of carbonyl (C=O) groups is 1. The summed E-state index contributed by atoms with van der Waals surface area (Å²) in [5.74, 6) is 1.62. The second-order valence-corrected chi connectivity index (χ2v) is 8.19. The van der Waals surface area contributed by atoms with Gasteiger partial charge in [-0.1, -0.05) is 48.5 Å². The summed E-state index contributed by atoms with van der Waals surface area (Å²) in [6.07, 6.45) is 2.13. The van der Waals surface area contributed by atoms with E-state index >= 15 is 0 Å². The van der Waals surface area contributed by atoms with Gasteiger partial charge in [0.15, 0.2) is 5.82 Å². The van der Waals surface area contributed by atoms with Crippen molar-refractivity contribution in [2.45, 2.75) is 26.1 Å². The van der Waals surface area contributed by atoms with Crippen LogP contribution in [0.2, 0.25) is 0 Å². The van der Waals surface area contributed by atoms with Crippen LogP contribution in [0.25, 0.3) is 11.5 Å². The van der Waals surface area contributed by atoms with Crippen LogP contribution >= 0.6 is 0 Å². The summed E-state index contributed by atoms with van der Waals surface area (Å²) >= 11 is 0. The van der Waals surface area contributed by atoms with E-state index in [1.807, 2.05) is 72.8 Å². The lowest BCUT2D eigenvalue weighted by Crippen LogP contribution is -2.37. The molecule has 7 nitrogen and oxygen atoms in total. The Labute approximate surface area is 198 Å². The maximum absolute atomic E-state index is 12.8. The van der Waals surface area contributed by atoms with E-state index in [1.54, 1.807) is 18.2 Å². The Morgan fingerprint density at radius 3 is 2.50 bits per heavy atom. The van der Waals surface area contributed by atoms with Gasteiger partial charge in [-0.15, -0.1) is 0 Å². The Hall–Kier alpha value is -4.13. The van der Waals surface area contributed by atoms with Crippen molar-refractivity contribution in [3.05, 3.63) is 102 Å². The lowest BCUT2D eigenvalue weighted by molar-refractivity contribution is 0.0908. The van der Waals surface area contributed by atoms with Crippen LogP contribution in [0, 0.1) is 0 Å². The quantitative estimate of drug-likeness (QED) is 0.423. The first-order valence-electron chi connectivity index (χ1n) is 11.3. The number of benzene rings is 2. The topological polar surface area (TPSA) is 69.5 Å². The number of imidazole rings is 1. The second-order valence-electron chi connectivity index (χ2n) is 8.19. The number of rotatable bonds is 6. The van der Waals surface area contributed by atoms with Crippen LogP contribution in [0.5, 0.6) is 5.75 Å². The minimum atomic E-state index is -0.314. The number of methoxy groups -OCH3 is 1. The molecule has 1 aliphatic heterocycles. The first-order chi connectivity index (χ1) is 16.7. The van der Waals surface area contributed by atoms with Crippen LogP contribution in [0.3, 0.4) is 0 Å². The molecule has 2 aromatic carbocycles. The molecule has 0 N–H and O–H groups in total. The summed E-state index contributed by atoms with van der Waals surface area (Å²) in [7, 11) is 1.66. The van der Waals surface area contributed by atoms with Gasteiger partial charge in [0.1, 0.15) is 18.1 Å². The van der Waals surface area contributed by atoms with Crippen LogP contribution in [0.1, 0.15) is 22.5 Å². The standard InChI is InChI=1S/C27H26N4O3/c1-33-22-12-10-20(11-13-22)17-31-25-18-30(27(32)34-19-21-7-3-2-4-8-21)16-14-23(25)29-26(31)24-9-5-6-15-28-24/h2-13,15H,14,16-19H2,1H3. The van der Waals surface area contributed by atoms with Crippen LogP contribution in [-0.2, 0) is 30.9 Å². The number of fused-ring (bicyclic) bond motifs is 1. The molecule has 3 heterocycles. The molecule has 1 aliphatic rings. The maximum Gasteiger partial charge on any atom is 0.410 e. The molecular formula is C27H26N4O3. The van der Waals surface area contributed by atoms with Gasteiger partial charge in [-0.05, 0) is 35.4 Å². The van der Waals surface area contributed by atoms with Gasteiger partial charge < -0.3 is 18.9 Å². The van der Waals surface area contributed by atoms with Gasteiger partial charge in [-0.3, -0.25) is 4.98 Å². The third kappa shape index (κ3) is 4.64. The molecule has 0 atom stereocenters. The van der Waals surface area contributed by atoms with Crippen molar-refractivity contribution in [3.8, 4) is 17.3 Å². The molecule has 0 saturated heterocycles. The van der Waals surface area contributed by atoms with Gasteiger partial charge in [0.05, 0.1) is 25.0 Å². The molecule has 2 aromatic heterocycles. The highest BCUT2D eigenvalue weighted by molar-refractivity contribution is 5.68. The molecule has 1 amide bonds. The molecule has 0 bridgehead atoms. The largest absolute Gasteiger partial charge is 0.497 e. The van der Waals surface area contributed by atoms with Crippen LogP contribution in [-0.4, -0.2) is 39.2 Å². The molecule has 34 heavy (non-hydrogen) atoms. The van der Waals surface area contributed by atoms with Gasteiger partial charge >= 0.3 is 6.09 Å². The van der Waals surface area contributed by atoms with Gasteiger partial charge in [0.2, 0.25) is 0 Å². The molecule has 7 heteroatoms. The minimum Gasteiger partial charge on any atom is -0.497 e. The van der Waals surface area contributed by atoms with Gasteiger partial charge in [0, 0.05) is 25.7 Å². The zero-order valence-corrected chi connectivity index (χ0v) is 19.1. The van der Waals surface area contributed by atoms with Gasteiger partial charge in [-0.2, -0.15) is 0 Å². The molecule has 0 radical (unpaired) electrons. The van der Waals surface area contributed by atoms with Crippen LogP contribution in [0.15, 0.2) is 79.0 Å². The molecule has 0 unspecified atom stereocenters. The molecule has 0 aliphatic carbocycles. The van der Waals surface area contributed by atoms with E-state index in [4.69, 9.17) is 14.5 Å². The smallest absolute Gasteiger partial charge is 0.410 e. The maximum atomic E-state index is 12.8. The fourth-order valence-corrected chi connectivity index (χ4v) is 4.15. The van der Waals surface area contributed by atoms with E-state index < -0.39 is 0 Å². The fraction of sp³-hybridized carbons (Fsp3) is 0.222. The Balaban J connectivity index is 1.41. The summed E-state index contributed by atoms with van der Waals surface area (Å²) in [5, 5.41) is 0. The predicted octanol–water partition coefficient (Wildman–Crippen LogP) is 4.70. The van der Waals surface area contributed by atoms with Crippen molar-refractivity contribution in [1.29, 1.82) is 0 Å². The van der Waals surface area contributed by atoms with Crippen molar-refractivity contribution < 1.29 is 14.3 Å². The van der Waals surface area contributed by atoms with Gasteiger partial charge in [-0.25, -0.2) is 9.78 Å². The average Bonchev–Trinajstić information content (AvgIpc) is 3.26. The number of carbonyl (C=O) groups excluding carboxylic acids is 1. The Morgan fingerprint density at radius 2 is 1.76 bits per heavy atom. The second kappa shape index (κ2) is 9.79. The fourth-order valence-electron chi connectivity index (χ4n) is 4.15. The molecule has 172 valence electrons. The first-order valence-corrected chi connectivity index (χ1v) is 11.3.